The lowest BCUT2D eigenvalue weighted by Crippen LogP contribution is -2.09. The van der Waals surface area contributed by atoms with Crippen molar-refractivity contribution in [3.63, 3.8) is 0 Å². The van der Waals surface area contributed by atoms with Gasteiger partial charge in [0.15, 0.2) is 0 Å². The Kier molecular flexibility index (Phi) is 5.87. The van der Waals surface area contributed by atoms with Gasteiger partial charge in [0.1, 0.15) is 5.02 Å². The summed E-state index contributed by atoms with van der Waals surface area (Å²) in [5.74, 6) is -0.216. The third-order valence-corrected chi connectivity index (χ3v) is 3.09. The van der Waals surface area contributed by atoms with E-state index in [2.05, 4.69) is 4.98 Å². The van der Waals surface area contributed by atoms with Gasteiger partial charge in [0.2, 0.25) is 5.88 Å². The fourth-order valence-electron chi connectivity index (χ4n) is 1.67. The van der Waals surface area contributed by atoms with Crippen molar-refractivity contribution in [2.24, 2.45) is 0 Å². The highest BCUT2D eigenvalue weighted by molar-refractivity contribution is 6.31. The number of hydrogen-bond donors (Lipinski definition) is 0. The van der Waals surface area contributed by atoms with Crippen LogP contribution in [0, 0.1) is 10.1 Å². The largest absolute Gasteiger partial charge is 0.476 e. The summed E-state index contributed by atoms with van der Waals surface area (Å²) < 4.78 is 10.4. The van der Waals surface area contributed by atoms with Crippen molar-refractivity contribution >= 4 is 23.3 Å². The van der Waals surface area contributed by atoms with E-state index < -0.39 is 10.9 Å². The third kappa shape index (κ3) is 4.93. The zero-order chi connectivity index (χ0) is 16.7. The first-order valence-electron chi connectivity index (χ1n) is 6.73. The van der Waals surface area contributed by atoms with Gasteiger partial charge < -0.3 is 9.47 Å². The van der Waals surface area contributed by atoms with Gasteiger partial charge in [0.25, 0.3) is 5.69 Å². The number of rotatable bonds is 7. The fourth-order valence-corrected chi connectivity index (χ4v) is 1.85. The van der Waals surface area contributed by atoms with Gasteiger partial charge in [-0.2, -0.15) is 0 Å². The maximum atomic E-state index is 11.7. The molecule has 2 aromatic rings. The van der Waals surface area contributed by atoms with E-state index in [0.29, 0.717) is 23.9 Å². The molecule has 0 aliphatic rings. The Bertz CT molecular complexity index is 691. The molecule has 0 atom stereocenters. The number of hydrogen-bond acceptors (Lipinski definition) is 6. The van der Waals surface area contributed by atoms with Gasteiger partial charge in [-0.15, -0.1) is 0 Å². The standard InChI is InChI=1S/C15H13ClN2O5/c16-13-3-1-8-17-14(13)22-9-2-10-23-15(19)11-4-6-12(7-5-11)18(20)21/h1,3-8H,2,9-10H2. The van der Waals surface area contributed by atoms with Crippen LogP contribution in [-0.4, -0.2) is 29.1 Å². The molecule has 2 rings (SSSR count). The summed E-state index contributed by atoms with van der Waals surface area (Å²) in [5.41, 5.74) is 0.173. The van der Waals surface area contributed by atoms with Gasteiger partial charge in [-0.1, -0.05) is 11.6 Å². The molecule has 0 radical (unpaired) electrons. The number of nitro groups is 1. The lowest BCUT2D eigenvalue weighted by molar-refractivity contribution is -0.384. The minimum absolute atomic E-state index is 0.0813. The number of aromatic nitrogens is 1. The van der Waals surface area contributed by atoms with E-state index in [-0.39, 0.29) is 17.9 Å². The molecule has 0 unspecified atom stereocenters. The van der Waals surface area contributed by atoms with Crippen LogP contribution in [0.25, 0.3) is 0 Å². The van der Waals surface area contributed by atoms with E-state index in [4.69, 9.17) is 21.1 Å². The maximum absolute atomic E-state index is 11.7. The topological polar surface area (TPSA) is 91.6 Å². The first-order valence-corrected chi connectivity index (χ1v) is 7.10. The molecular formula is C15H13ClN2O5. The van der Waals surface area contributed by atoms with Crippen molar-refractivity contribution in [2.75, 3.05) is 13.2 Å². The number of nitrogens with zero attached hydrogens (tertiary/aromatic N) is 2. The molecule has 0 saturated carbocycles. The van der Waals surface area contributed by atoms with Crippen molar-refractivity contribution in [2.45, 2.75) is 6.42 Å². The lowest BCUT2D eigenvalue weighted by atomic mass is 10.2. The van der Waals surface area contributed by atoms with Gasteiger partial charge in [0, 0.05) is 24.8 Å². The molecule has 120 valence electrons. The number of halogens is 1. The van der Waals surface area contributed by atoms with Crippen LogP contribution in [0.4, 0.5) is 5.69 Å². The summed E-state index contributed by atoms with van der Waals surface area (Å²) >= 11 is 5.88. The molecule has 7 nitrogen and oxygen atoms in total. The van der Waals surface area contributed by atoms with Crippen molar-refractivity contribution in [3.8, 4) is 5.88 Å². The number of carbonyl (C=O) groups is 1. The van der Waals surface area contributed by atoms with Gasteiger partial charge >= 0.3 is 5.97 Å². The van der Waals surface area contributed by atoms with Crippen LogP contribution in [0.3, 0.4) is 0 Å². The van der Waals surface area contributed by atoms with Crippen LogP contribution < -0.4 is 4.74 Å². The first kappa shape index (κ1) is 16.7. The van der Waals surface area contributed by atoms with Crippen LogP contribution in [-0.2, 0) is 4.74 Å². The highest BCUT2D eigenvalue weighted by atomic mass is 35.5. The summed E-state index contributed by atoms with van der Waals surface area (Å²) in [7, 11) is 0. The van der Waals surface area contributed by atoms with E-state index in [1.54, 1.807) is 18.3 Å². The molecule has 0 saturated heterocycles. The van der Waals surface area contributed by atoms with Gasteiger partial charge in [-0.3, -0.25) is 10.1 Å². The molecule has 0 bridgehead atoms. The fraction of sp³-hybridized carbons (Fsp3) is 0.200. The van der Waals surface area contributed by atoms with Crippen LogP contribution in [0.15, 0.2) is 42.6 Å². The number of pyridine rings is 1. The minimum Gasteiger partial charge on any atom is -0.476 e. The molecule has 0 spiro atoms. The summed E-state index contributed by atoms with van der Waals surface area (Å²) in [6, 6.07) is 8.57. The second-order valence-corrected chi connectivity index (χ2v) is 4.84. The number of benzene rings is 1. The van der Waals surface area contributed by atoms with E-state index in [1.807, 2.05) is 0 Å². The summed E-state index contributed by atoms with van der Waals surface area (Å²) in [5, 5.41) is 10.9. The Balaban J connectivity index is 1.72. The molecular weight excluding hydrogens is 324 g/mol. The molecule has 1 heterocycles. The Labute approximate surface area is 137 Å². The van der Waals surface area contributed by atoms with Gasteiger partial charge in [0.05, 0.1) is 23.7 Å². The highest BCUT2D eigenvalue weighted by Crippen LogP contribution is 2.19. The van der Waals surface area contributed by atoms with Gasteiger partial charge in [-0.05, 0) is 24.3 Å². The average Bonchev–Trinajstić information content (AvgIpc) is 2.56. The molecule has 0 amide bonds. The van der Waals surface area contributed by atoms with Crippen LogP contribution in [0.5, 0.6) is 5.88 Å². The summed E-state index contributed by atoms with van der Waals surface area (Å²) in [6.07, 6.45) is 2.03. The zero-order valence-corrected chi connectivity index (χ0v) is 12.7. The first-order chi connectivity index (χ1) is 11.1. The highest BCUT2D eigenvalue weighted by Gasteiger charge is 2.10. The normalized spacial score (nSPS) is 10.1. The van der Waals surface area contributed by atoms with Gasteiger partial charge in [-0.25, -0.2) is 9.78 Å². The number of ether oxygens (including phenoxy) is 2. The van der Waals surface area contributed by atoms with Crippen molar-refractivity contribution in [1.82, 2.24) is 4.98 Å². The van der Waals surface area contributed by atoms with Crippen molar-refractivity contribution < 1.29 is 19.2 Å². The smallest absolute Gasteiger partial charge is 0.338 e. The summed E-state index contributed by atoms with van der Waals surface area (Å²) in [4.78, 5) is 25.7. The molecule has 23 heavy (non-hydrogen) atoms. The molecule has 1 aromatic carbocycles. The maximum Gasteiger partial charge on any atom is 0.338 e. The third-order valence-electron chi connectivity index (χ3n) is 2.80. The van der Waals surface area contributed by atoms with Crippen LogP contribution >= 0.6 is 11.6 Å². The molecule has 1 aromatic heterocycles. The van der Waals surface area contributed by atoms with E-state index in [1.165, 1.54) is 24.3 Å². The molecule has 8 heteroatoms. The SMILES string of the molecule is O=C(OCCCOc1ncccc1Cl)c1ccc([N+](=O)[O-])cc1. The lowest BCUT2D eigenvalue weighted by Gasteiger charge is -2.07. The number of esters is 1. The second-order valence-electron chi connectivity index (χ2n) is 4.43. The average molecular weight is 337 g/mol. The Morgan fingerprint density at radius 3 is 2.61 bits per heavy atom. The number of non-ortho nitro benzene ring substituents is 1. The molecule has 0 fully saturated rings. The van der Waals surface area contributed by atoms with Crippen LogP contribution in [0.1, 0.15) is 16.8 Å². The monoisotopic (exact) mass is 336 g/mol. The van der Waals surface area contributed by atoms with E-state index >= 15 is 0 Å². The quantitative estimate of drug-likeness (QED) is 0.333. The zero-order valence-electron chi connectivity index (χ0n) is 12.0. The predicted molar refractivity (Wildman–Crippen MR) is 82.7 cm³/mol. The number of nitro benzene ring substituents is 1. The Hall–Kier alpha value is -2.67. The van der Waals surface area contributed by atoms with E-state index in [9.17, 15) is 14.9 Å². The summed E-state index contributed by atoms with van der Waals surface area (Å²) in [6.45, 7) is 0.449. The number of carbonyl (C=O) groups excluding carboxylic acids is 1. The predicted octanol–water partition coefficient (Wildman–Crippen LogP) is 3.27. The molecule has 0 aliphatic carbocycles. The minimum atomic E-state index is -0.546. The molecule has 0 aliphatic heterocycles. The van der Waals surface area contributed by atoms with Crippen molar-refractivity contribution in [3.05, 3.63) is 63.3 Å². The second kappa shape index (κ2) is 8.09. The Morgan fingerprint density at radius 2 is 1.96 bits per heavy atom. The molecule has 0 N–H and O–H groups in total. The van der Waals surface area contributed by atoms with E-state index in [0.717, 1.165) is 0 Å². The van der Waals surface area contributed by atoms with Crippen LogP contribution in [0.2, 0.25) is 5.02 Å². The van der Waals surface area contributed by atoms with Crippen molar-refractivity contribution in [1.29, 1.82) is 0 Å². The Morgan fingerprint density at radius 1 is 1.22 bits per heavy atom.